The van der Waals surface area contributed by atoms with Gasteiger partial charge < -0.3 is 25.3 Å². The van der Waals surface area contributed by atoms with Crippen molar-refractivity contribution in [1.82, 2.24) is 5.32 Å². The first-order valence-electron chi connectivity index (χ1n) is 7.15. The zero-order valence-electron chi connectivity index (χ0n) is 12.8. The van der Waals surface area contributed by atoms with Crippen LogP contribution in [0.4, 0.5) is 0 Å². The number of nitrogens with two attached hydrogens (primary N) is 1. The molecule has 1 fully saturated rings. The van der Waals surface area contributed by atoms with Crippen molar-refractivity contribution in [3.05, 3.63) is 22.7 Å². The van der Waals surface area contributed by atoms with Crippen LogP contribution >= 0.6 is 11.6 Å². The average Bonchev–Trinajstić information content (AvgIpc) is 3.03. The number of hydrogen-bond donors (Lipinski definition) is 2. The summed E-state index contributed by atoms with van der Waals surface area (Å²) in [6.45, 7) is 1.60. The van der Waals surface area contributed by atoms with Crippen LogP contribution in [0.25, 0.3) is 0 Å². The van der Waals surface area contributed by atoms with Crippen molar-refractivity contribution in [1.29, 1.82) is 0 Å². The van der Waals surface area contributed by atoms with Crippen molar-refractivity contribution in [2.24, 2.45) is 11.7 Å². The first kappa shape index (κ1) is 17.4. The van der Waals surface area contributed by atoms with Gasteiger partial charge in [-0.3, -0.25) is 9.59 Å². The fourth-order valence-electron chi connectivity index (χ4n) is 2.22. The molecule has 1 atom stereocenters. The molecule has 1 aliphatic heterocycles. The third-order valence-electron chi connectivity index (χ3n) is 3.43. The highest BCUT2D eigenvalue weighted by Crippen LogP contribution is 2.36. The van der Waals surface area contributed by atoms with Crippen molar-refractivity contribution < 1.29 is 23.8 Å². The molecule has 0 unspecified atom stereocenters. The molecule has 1 aromatic carbocycles. The smallest absolute Gasteiger partial charge is 0.255 e. The largest absolute Gasteiger partial charge is 0.493 e. The molecule has 1 aromatic rings. The molecular formula is C15H19ClN2O5. The number of benzene rings is 1. The van der Waals surface area contributed by atoms with Gasteiger partial charge in [-0.1, -0.05) is 11.6 Å². The van der Waals surface area contributed by atoms with Gasteiger partial charge in [0.25, 0.3) is 11.8 Å². The van der Waals surface area contributed by atoms with Gasteiger partial charge in [-0.05, 0) is 18.6 Å². The molecule has 0 radical (unpaired) electrons. The van der Waals surface area contributed by atoms with Gasteiger partial charge in [-0.15, -0.1) is 0 Å². The van der Waals surface area contributed by atoms with Crippen molar-refractivity contribution in [2.45, 2.75) is 6.42 Å². The maximum atomic E-state index is 12.2. The summed E-state index contributed by atoms with van der Waals surface area (Å²) in [4.78, 5) is 23.0. The number of hydrogen-bond acceptors (Lipinski definition) is 5. The second-order valence-corrected chi connectivity index (χ2v) is 5.59. The van der Waals surface area contributed by atoms with E-state index >= 15 is 0 Å². The summed E-state index contributed by atoms with van der Waals surface area (Å²) >= 11 is 6.11. The normalized spacial score (nSPS) is 16.9. The number of halogens is 1. The molecule has 1 aliphatic rings. The van der Waals surface area contributed by atoms with Gasteiger partial charge in [0, 0.05) is 24.6 Å². The lowest BCUT2D eigenvalue weighted by molar-refractivity contribution is -0.119. The molecular weight excluding hydrogens is 324 g/mol. The summed E-state index contributed by atoms with van der Waals surface area (Å²) in [7, 11) is 1.42. The van der Waals surface area contributed by atoms with Gasteiger partial charge in [0.05, 0.1) is 18.7 Å². The second-order valence-electron chi connectivity index (χ2n) is 5.18. The first-order valence-corrected chi connectivity index (χ1v) is 7.53. The van der Waals surface area contributed by atoms with Crippen molar-refractivity contribution in [3.63, 3.8) is 0 Å². The second kappa shape index (κ2) is 8.03. The van der Waals surface area contributed by atoms with E-state index in [9.17, 15) is 9.59 Å². The van der Waals surface area contributed by atoms with Crippen LogP contribution in [0.1, 0.15) is 16.8 Å². The van der Waals surface area contributed by atoms with E-state index in [-0.39, 0.29) is 29.0 Å². The molecule has 0 aliphatic carbocycles. The van der Waals surface area contributed by atoms with Crippen molar-refractivity contribution in [3.8, 4) is 11.5 Å². The minimum absolute atomic E-state index is 0.167. The van der Waals surface area contributed by atoms with E-state index in [1.165, 1.54) is 19.2 Å². The van der Waals surface area contributed by atoms with E-state index in [2.05, 4.69) is 5.32 Å². The molecule has 0 bridgehead atoms. The van der Waals surface area contributed by atoms with Crippen LogP contribution in [-0.2, 0) is 9.53 Å². The lowest BCUT2D eigenvalue weighted by atomic mass is 10.1. The van der Waals surface area contributed by atoms with Crippen LogP contribution in [0.15, 0.2) is 12.1 Å². The Balaban J connectivity index is 2.07. The average molecular weight is 343 g/mol. The highest BCUT2D eigenvalue weighted by molar-refractivity contribution is 6.32. The molecule has 1 heterocycles. The van der Waals surface area contributed by atoms with Crippen LogP contribution in [-0.4, -0.2) is 45.3 Å². The van der Waals surface area contributed by atoms with E-state index in [1.807, 2.05) is 0 Å². The summed E-state index contributed by atoms with van der Waals surface area (Å²) in [6, 6.07) is 2.96. The van der Waals surface area contributed by atoms with Crippen LogP contribution in [0.2, 0.25) is 5.02 Å². The predicted octanol–water partition coefficient (Wildman–Crippen LogP) is 0.979. The maximum absolute atomic E-state index is 12.2. The molecule has 1 saturated heterocycles. The highest BCUT2D eigenvalue weighted by atomic mass is 35.5. The SMILES string of the molecule is COc1cc(C(=O)NC[C@H]2CCOC2)cc(Cl)c1OCC(N)=O. The van der Waals surface area contributed by atoms with Crippen LogP contribution in [0.3, 0.4) is 0 Å². The number of primary amides is 1. The molecule has 2 rings (SSSR count). The van der Waals surface area contributed by atoms with E-state index in [0.717, 1.165) is 13.0 Å². The molecule has 0 spiro atoms. The molecule has 3 N–H and O–H groups in total. The molecule has 126 valence electrons. The van der Waals surface area contributed by atoms with Crippen LogP contribution in [0.5, 0.6) is 11.5 Å². The van der Waals surface area contributed by atoms with Crippen LogP contribution < -0.4 is 20.5 Å². The molecule has 2 amide bonds. The van der Waals surface area contributed by atoms with Crippen molar-refractivity contribution >= 4 is 23.4 Å². The zero-order valence-corrected chi connectivity index (χ0v) is 13.5. The Morgan fingerprint density at radius 1 is 1.48 bits per heavy atom. The molecule has 23 heavy (non-hydrogen) atoms. The minimum atomic E-state index is -0.635. The summed E-state index contributed by atoms with van der Waals surface area (Å²) in [5.74, 6) is -0.140. The number of carbonyl (C=O) groups is 2. The third-order valence-corrected chi connectivity index (χ3v) is 3.71. The van der Waals surface area contributed by atoms with Gasteiger partial charge in [0.15, 0.2) is 18.1 Å². The molecule has 0 saturated carbocycles. The summed E-state index contributed by atoms with van der Waals surface area (Å²) in [5.41, 5.74) is 5.38. The topological polar surface area (TPSA) is 99.9 Å². The maximum Gasteiger partial charge on any atom is 0.255 e. The van der Waals surface area contributed by atoms with E-state index < -0.39 is 5.91 Å². The number of ether oxygens (including phenoxy) is 3. The summed E-state index contributed by atoms with van der Waals surface area (Å²) in [5, 5.41) is 3.01. The lowest BCUT2D eigenvalue weighted by Crippen LogP contribution is -2.29. The lowest BCUT2D eigenvalue weighted by Gasteiger charge is -2.14. The zero-order chi connectivity index (χ0) is 16.8. The molecule has 7 nitrogen and oxygen atoms in total. The van der Waals surface area contributed by atoms with Gasteiger partial charge >= 0.3 is 0 Å². The fraction of sp³-hybridized carbons (Fsp3) is 0.467. The van der Waals surface area contributed by atoms with Gasteiger partial charge in [-0.25, -0.2) is 0 Å². The van der Waals surface area contributed by atoms with Gasteiger partial charge in [0.2, 0.25) is 0 Å². The number of methoxy groups -OCH3 is 1. The van der Waals surface area contributed by atoms with Gasteiger partial charge in [0.1, 0.15) is 0 Å². The Bertz CT molecular complexity index is 587. The Hall–Kier alpha value is -1.99. The number of amides is 2. The third kappa shape index (κ3) is 4.74. The number of rotatable bonds is 7. The highest BCUT2D eigenvalue weighted by Gasteiger charge is 2.19. The molecule has 8 heteroatoms. The Kier molecular flexibility index (Phi) is 6.06. The van der Waals surface area contributed by atoms with E-state index in [0.29, 0.717) is 24.6 Å². The fourth-order valence-corrected chi connectivity index (χ4v) is 2.48. The standard InChI is InChI=1S/C15H19ClN2O5/c1-21-12-5-10(4-11(16)14(12)23-8-13(17)19)15(20)18-6-9-2-3-22-7-9/h4-5,9H,2-3,6-8H2,1H3,(H2,17,19)(H,18,20)/t9-/m1/s1. The Morgan fingerprint density at radius 2 is 2.26 bits per heavy atom. The molecule has 0 aromatic heterocycles. The quantitative estimate of drug-likeness (QED) is 0.769. The minimum Gasteiger partial charge on any atom is -0.493 e. The predicted molar refractivity (Wildman–Crippen MR) is 84.0 cm³/mol. The monoisotopic (exact) mass is 342 g/mol. The summed E-state index contributed by atoms with van der Waals surface area (Å²) < 4.78 is 15.6. The Labute approximate surface area is 139 Å². The Morgan fingerprint density at radius 3 is 2.87 bits per heavy atom. The number of nitrogens with one attached hydrogen (secondary N) is 1. The van der Waals surface area contributed by atoms with Gasteiger partial charge in [-0.2, -0.15) is 0 Å². The first-order chi connectivity index (χ1) is 11.0. The van der Waals surface area contributed by atoms with E-state index in [1.54, 1.807) is 0 Å². The summed E-state index contributed by atoms with van der Waals surface area (Å²) in [6.07, 6.45) is 0.935. The van der Waals surface area contributed by atoms with Crippen LogP contribution in [0, 0.1) is 5.92 Å². The van der Waals surface area contributed by atoms with Crippen molar-refractivity contribution in [2.75, 3.05) is 33.5 Å². The number of carbonyl (C=O) groups excluding carboxylic acids is 2. The van der Waals surface area contributed by atoms with E-state index in [4.69, 9.17) is 31.5 Å².